The molecule has 5 heteroatoms. The van der Waals surface area contributed by atoms with Crippen molar-refractivity contribution in [1.29, 1.82) is 5.26 Å². The van der Waals surface area contributed by atoms with Gasteiger partial charge in [-0.2, -0.15) is 5.26 Å². The van der Waals surface area contributed by atoms with E-state index in [0.717, 1.165) is 23.0 Å². The second kappa shape index (κ2) is 5.90. The van der Waals surface area contributed by atoms with Gasteiger partial charge in [0.25, 0.3) is 0 Å². The van der Waals surface area contributed by atoms with Crippen LogP contribution in [0.1, 0.15) is 17.5 Å². The van der Waals surface area contributed by atoms with Crippen molar-refractivity contribution >= 4 is 27.9 Å². The van der Waals surface area contributed by atoms with Crippen molar-refractivity contribution in [2.45, 2.75) is 19.4 Å². The minimum atomic E-state index is 0.211. The standard InChI is InChI=1S/C16H14N4S/c1-11(9-12-5-4-8-21-12)18-16-13-6-2-3-7-14(13)19-20-15(16)10-17/h2-8,11H,9H2,1H3,(H,18,19). The smallest absolute Gasteiger partial charge is 0.186 e. The van der Waals surface area contributed by atoms with Crippen LogP contribution in [-0.4, -0.2) is 16.2 Å². The van der Waals surface area contributed by atoms with E-state index < -0.39 is 0 Å². The van der Waals surface area contributed by atoms with Gasteiger partial charge in [-0.1, -0.05) is 24.3 Å². The minimum Gasteiger partial charge on any atom is -0.379 e. The van der Waals surface area contributed by atoms with Crippen LogP contribution in [0.3, 0.4) is 0 Å². The molecule has 0 bridgehead atoms. The maximum absolute atomic E-state index is 9.26. The van der Waals surface area contributed by atoms with Gasteiger partial charge >= 0.3 is 0 Å². The summed E-state index contributed by atoms with van der Waals surface area (Å²) < 4.78 is 0. The summed E-state index contributed by atoms with van der Waals surface area (Å²) >= 11 is 1.74. The Balaban J connectivity index is 1.93. The first kappa shape index (κ1) is 13.5. The third-order valence-electron chi connectivity index (χ3n) is 3.25. The third kappa shape index (κ3) is 2.86. The zero-order chi connectivity index (χ0) is 14.7. The fourth-order valence-electron chi connectivity index (χ4n) is 2.31. The van der Waals surface area contributed by atoms with Gasteiger partial charge in [-0.25, -0.2) is 0 Å². The molecule has 0 radical (unpaired) electrons. The molecule has 1 atom stereocenters. The molecule has 1 aromatic carbocycles. The molecule has 3 rings (SSSR count). The average Bonchev–Trinajstić information content (AvgIpc) is 3.00. The lowest BCUT2D eigenvalue weighted by Crippen LogP contribution is -2.19. The highest BCUT2D eigenvalue weighted by Crippen LogP contribution is 2.25. The van der Waals surface area contributed by atoms with Crippen LogP contribution in [0.25, 0.3) is 10.9 Å². The number of rotatable bonds is 4. The Hall–Kier alpha value is -2.45. The maximum Gasteiger partial charge on any atom is 0.186 e. The van der Waals surface area contributed by atoms with Crippen molar-refractivity contribution in [1.82, 2.24) is 10.2 Å². The molecular weight excluding hydrogens is 280 g/mol. The Morgan fingerprint density at radius 1 is 1.24 bits per heavy atom. The summed E-state index contributed by atoms with van der Waals surface area (Å²) in [5.74, 6) is 0. The van der Waals surface area contributed by atoms with Gasteiger partial charge in [-0.3, -0.25) is 0 Å². The molecule has 0 aliphatic rings. The van der Waals surface area contributed by atoms with Crippen LogP contribution in [0.4, 0.5) is 5.69 Å². The number of anilines is 1. The molecule has 1 N–H and O–H groups in total. The first-order valence-corrected chi connectivity index (χ1v) is 7.60. The van der Waals surface area contributed by atoms with E-state index in [1.54, 1.807) is 11.3 Å². The Bertz CT molecular complexity index is 790. The number of nitriles is 1. The van der Waals surface area contributed by atoms with E-state index >= 15 is 0 Å². The summed E-state index contributed by atoms with van der Waals surface area (Å²) in [6.45, 7) is 2.11. The topological polar surface area (TPSA) is 61.6 Å². The van der Waals surface area contributed by atoms with Gasteiger partial charge in [-0.05, 0) is 24.4 Å². The van der Waals surface area contributed by atoms with Crippen LogP contribution < -0.4 is 5.32 Å². The molecular formula is C16H14N4S. The molecule has 21 heavy (non-hydrogen) atoms. The van der Waals surface area contributed by atoms with Crippen LogP contribution in [0, 0.1) is 11.3 Å². The zero-order valence-corrected chi connectivity index (χ0v) is 12.4. The van der Waals surface area contributed by atoms with Crippen molar-refractivity contribution in [3.63, 3.8) is 0 Å². The minimum absolute atomic E-state index is 0.211. The number of hydrogen-bond acceptors (Lipinski definition) is 5. The van der Waals surface area contributed by atoms with Crippen LogP contribution in [-0.2, 0) is 6.42 Å². The predicted octanol–water partition coefficient (Wildman–Crippen LogP) is 3.61. The van der Waals surface area contributed by atoms with Crippen molar-refractivity contribution in [2.75, 3.05) is 5.32 Å². The largest absolute Gasteiger partial charge is 0.379 e. The monoisotopic (exact) mass is 294 g/mol. The van der Waals surface area contributed by atoms with Gasteiger partial charge in [0.1, 0.15) is 6.07 Å². The van der Waals surface area contributed by atoms with E-state index in [2.05, 4.69) is 46.0 Å². The van der Waals surface area contributed by atoms with E-state index in [-0.39, 0.29) is 6.04 Å². The lowest BCUT2D eigenvalue weighted by Gasteiger charge is -2.16. The molecule has 0 aliphatic heterocycles. The fraction of sp³-hybridized carbons (Fsp3) is 0.188. The fourth-order valence-corrected chi connectivity index (χ4v) is 3.14. The molecule has 2 aromatic heterocycles. The van der Waals surface area contributed by atoms with Crippen molar-refractivity contribution in [3.8, 4) is 6.07 Å². The quantitative estimate of drug-likeness (QED) is 0.798. The van der Waals surface area contributed by atoms with Gasteiger partial charge in [0, 0.05) is 22.7 Å². The highest BCUT2D eigenvalue weighted by atomic mass is 32.1. The van der Waals surface area contributed by atoms with E-state index in [4.69, 9.17) is 0 Å². The predicted molar refractivity (Wildman–Crippen MR) is 85.4 cm³/mol. The Kier molecular flexibility index (Phi) is 3.80. The van der Waals surface area contributed by atoms with Gasteiger partial charge < -0.3 is 5.32 Å². The van der Waals surface area contributed by atoms with E-state index in [1.807, 2.05) is 24.3 Å². The van der Waals surface area contributed by atoms with Gasteiger partial charge in [0.15, 0.2) is 5.69 Å². The van der Waals surface area contributed by atoms with Crippen molar-refractivity contribution < 1.29 is 0 Å². The van der Waals surface area contributed by atoms with Gasteiger partial charge in [0.05, 0.1) is 11.2 Å². The Labute approximate surface area is 127 Å². The van der Waals surface area contributed by atoms with Crippen molar-refractivity contribution in [2.24, 2.45) is 0 Å². The average molecular weight is 294 g/mol. The highest BCUT2D eigenvalue weighted by Gasteiger charge is 2.13. The zero-order valence-electron chi connectivity index (χ0n) is 11.6. The lowest BCUT2D eigenvalue weighted by molar-refractivity contribution is 0.799. The molecule has 0 saturated carbocycles. The summed E-state index contributed by atoms with van der Waals surface area (Å²) in [6.07, 6.45) is 0.916. The van der Waals surface area contributed by atoms with Gasteiger partial charge in [0.2, 0.25) is 0 Å². The second-order valence-corrected chi connectivity index (χ2v) is 5.91. The molecule has 0 aliphatic carbocycles. The number of nitrogens with one attached hydrogen (secondary N) is 1. The number of fused-ring (bicyclic) bond motifs is 1. The van der Waals surface area contributed by atoms with Crippen LogP contribution in [0.5, 0.6) is 0 Å². The summed E-state index contributed by atoms with van der Waals surface area (Å²) in [5.41, 5.74) is 1.90. The first-order valence-electron chi connectivity index (χ1n) is 6.72. The van der Waals surface area contributed by atoms with Crippen LogP contribution in [0.2, 0.25) is 0 Å². The molecule has 0 amide bonds. The number of aromatic nitrogens is 2. The normalized spacial score (nSPS) is 12.0. The summed E-state index contributed by atoms with van der Waals surface area (Å²) in [6, 6.07) is 14.2. The second-order valence-electron chi connectivity index (χ2n) is 4.88. The van der Waals surface area contributed by atoms with Gasteiger partial charge in [-0.15, -0.1) is 21.5 Å². The highest BCUT2D eigenvalue weighted by molar-refractivity contribution is 7.09. The van der Waals surface area contributed by atoms with E-state index in [9.17, 15) is 5.26 Å². The number of nitrogens with zero attached hydrogens (tertiary/aromatic N) is 3. The molecule has 0 fully saturated rings. The first-order chi connectivity index (χ1) is 10.3. The van der Waals surface area contributed by atoms with Crippen molar-refractivity contribution in [3.05, 3.63) is 52.3 Å². The SMILES string of the molecule is CC(Cc1cccs1)Nc1c(C#N)nnc2ccccc12. The van der Waals surface area contributed by atoms with Crippen LogP contribution in [0.15, 0.2) is 41.8 Å². The summed E-state index contributed by atoms with van der Waals surface area (Å²) in [4.78, 5) is 1.32. The van der Waals surface area contributed by atoms with E-state index in [1.165, 1.54) is 4.88 Å². The number of hydrogen-bond donors (Lipinski definition) is 1. The molecule has 3 aromatic rings. The van der Waals surface area contributed by atoms with E-state index in [0.29, 0.717) is 5.69 Å². The molecule has 0 spiro atoms. The molecule has 4 nitrogen and oxygen atoms in total. The Morgan fingerprint density at radius 2 is 2.10 bits per heavy atom. The summed E-state index contributed by atoms with van der Waals surface area (Å²) in [7, 11) is 0. The molecule has 1 unspecified atom stereocenters. The molecule has 104 valence electrons. The maximum atomic E-state index is 9.26. The molecule has 2 heterocycles. The number of benzene rings is 1. The Morgan fingerprint density at radius 3 is 2.86 bits per heavy atom. The molecule has 0 saturated heterocycles. The lowest BCUT2D eigenvalue weighted by atomic mass is 10.1. The third-order valence-corrected chi connectivity index (χ3v) is 4.15. The summed E-state index contributed by atoms with van der Waals surface area (Å²) in [5, 5.41) is 23.8. The van der Waals surface area contributed by atoms with Crippen LogP contribution >= 0.6 is 11.3 Å². The number of thiophene rings is 1.